The molecule has 4 aliphatic carbocycles. The normalized spacial score (nSPS) is 34.5. The fraction of sp³-hybridized carbons (Fsp3) is 0.533. The topological polar surface area (TPSA) is 69.4 Å². The van der Waals surface area contributed by atoms with Crippen molar-refractivity contribution in [3.05, 3.63) is 52.6 Å². The van der Waals surface area contributed by atoms with E-state index in [9.17, 15) is 22.8 Å². The molecule has 8 heteroatoms. The van der Waals surface area contributed by atoms with E-state index < -0.39 is 29.0 Å². The predicted octanol–water partition coefficient (Wildman–Crippen LogP) is 5.88. The molecule has 4 nitrogen and oxygen atoms in total. The Bertz CT molecular complexity index is 1290. The Morgan fingerprint density at radius 3 is 2.58 bits per heavy atom. The quantitative estimate of drug-likeness (QED) is 0.300. The molecular formula is C30H31F4NO3. The Balaban J connectivity index is 1.73. The second-order valence-corrected chi connectivity index (χ2v) is 11.3. The van der Waals surface area contributed by atoms with Gasteiger partial charge in [-0.15, -0.1) is 0 Å². The summed E-state index contributed by atoms with van der Waals surface area (Å²) < 4.78 is 60.9. The number of anilines is 1. The van der Waals surface area contributed by atoms with Gasteiger partial charge in [0.1, 0.15) is 12.8 Å². The van der Waals surface area contributed by atoms with Crippen LogP contribution in [0.4, 0.5) is 23.2 Å². The lowest BCUT2D eigenvalue weighted by molar-refractivity contribution is -0.137. The Kier molecular flexibility index (Phi) is 6.58. The number of benzene rings is 1. The first kappa shape index (κ1) is 26.7. The summed E-state index contributed by atoms with van der Waals surface area (Å²) in [5, 5.41) is 0. The average Bonchev–Trinajstić information content (AvgIpc) is 3.16. The highest BCUT2D eigenvalue weighted by Crippen LogP contribution is 2.69. The van der Waals surface area contributed by atoms with E-state index in [0.29, 0.717) is 36.9 Å². The zero-order chi connectivity index (χ0) is 27.5. The molecule has 0 radical (unpaired) electrons. The zero-order valence-electron chi connectivity index (χ0n) is 21.5. The van der Waals surface area contributed by atoms with Crippen LogP contribution in [-0.4, -0.2) is 37.6 Å². The number of rotatable bonds is 4. The molecule has 1 aromatic rings. The van der Waals surface area contributed by atoms with Crippen LogP contribution in [0.15, 0.2) is 47.1 Å². The number of nitrogens with two attached hydrogens (primary N) is 1. The molecule has 5 rings (SSSR count). The molecule has 0 heterocycles. The van der Waals surface area contributed by atoms with E-state index in [2.05, 4.69) is 5.92 Å². The van der Waals surface area contributed by atoms with Gasteiger partial charge >= 0.3 is 6.18 Å². The molecule has 0 aromatic heterocycles. The van der Waals surface area contributed by atoms with E-state index in [4.69, 9.17) is 10.5 Å². The summed E-state index contributed by atoms with van der Waals surface area (Å²) in [5.74, 6) is 2.48. The molecule has 0 spiro atoms. The Labute approximate surface area is 219 Å². The molecule has 0 bridgehead atoms. The summed E-state index contributed by atoms with van der Waals surface area (Å²) >= 11 is 0. The Morgan fingerprint density at radius 1 is 1.21 bits per heavy atom. The van der Waals surface area contributed by atoms with Gasteiger partial charge in [-0.1, -0.05) is 30.6 Å². The highest BCUT2D eigenvalue weighted by molar-refractivity contribution is 5.93. The van der Waals surface area contributed by atoms with Gasteiger partial charge < -0.3 is 10.5 Å². The maximum absolute atomic E-state index is 15.7. The number of methoxy groups -OCH3 is 1. The van der Waals surface area contributed by atoms with Crippen molar-refractivity contribution in [2.45, 2.75) is 63.7 Å². The minimum atomic E-state index is -4.75. The van der Waals surface area contributed by atoms with Gasteiger partial charge in [0.15, 0.2) is 11.6 Å². The van der Waals surface area contributed by atoms with Crippen LogP contribution >= 0.6 is 0 Å². The number of hydrogen-bond acceptors (Lipinski definition) is 4. The molecule has 0 saturated heterocycles. The van der Waals surface area contributed by atoms with E-state index in [1.54, 1.807) is 12.1 Å². The summed E-state index contributed by atoms with van der Waals surface area (Å²) in [5.41, 5.74) is 7.25. The lowest BCUT2D eigenvalue weighted by atomic mass is 9.48. The SMILES string of the molecule is COCC(=O)[C@@]1(C#CC(F)(F)F)CC[C@H]2[C@@H]3CC(F)C4=CC(=O)CCC4=C3[C@@H](c3ccc(N)cc3)C[C@@]21C. The lowest BCUT2D eigenvalue weighted by Gasteiger charge is -2.55. The van der Waals surface area contributed by atoms with Crippen LogP contribution in [0.5, 0.6) is 0 Å². The van der Waals surface area contributed by atoms with Crippen molar-refractivity contribution in [3.63, 3.8) is 0 Å². The number of carbonyl (C=O) groups is 2. The number of nitrogen functional groups attached to an aromatic ring is 1. The molecule has 4 aliphatic rings. The van der Waals surface area contributed by atoms with Crippen LogP contribution in [0.25, 0.3) is 0 Å². The first-order valence-corrected chi connectivity index (χ1v) is 13.0. The molecule has 1 aromatic carbocycles. The highest BCUT2D eigenvalue weighted by atomic mass is 19.4. The first-order valence-electron chi connectivity index (χ1n) is 13.0. The maximum Gasteiger partial charge on any atom is 0.457 e. The summed E-state index contributed by atoms with van der Waals surface area (Å²) in [6.45, 7) is 1.51. The third kappa shape index (κ3) is 4.20. The van der Waals surface area contributed by atoms with Gasteiger partial charge in [-0.05, 0) is 84.3 Å². The molecule has 0 amide bonds. The predicted molar refractivity (Wildman–Crippen MR) is 135 cm³/mol. The van der Waals surface area contributed by atoms with Gasteiger partial charge in [0, 0.05) is 31.1 Å². The van der Waals surface area contributed by atoms with E-state index in [0.717, 1.165) is 16.7 Å². The number of alkyl halides is 4. The number of fused-ring (bicyclic) bond motifs is 4. The van der Waals surface area contributed by atoms with Crippen LogP contribution in [0, 0.1) is 34.5 Å². The Hall–Kier alpha value is -2.92. The zero-order valence-corrected chi connectivity index (χ0v) is 21.5. The number of carbonyl (C=O) groups excluding carboxylic acids is 2. The second-order valence-electron chi connectivity index (χ2n) is 11.3. The van der Waals surface area contributed by atoms with Gasteiger partial charge in [-0.25, -0.2) is 4.39 Å². The minimum absolute atomic E-state index is 0.0948. The highest BCUT2D eigenvalue weighted by Gasteiger charge is 2.66. The Morgan fingerprint density at radius 2 is 1.92 bits per heavy atom. The molecule has 6 atom stereocenters. The van der Waals surface area contributed by atoms with Crippen LogP contribution < -0.4 is 5.73 Å². The second kappa shape index (κ2) is 9.37. The van der Waals surface area contributed by atoms with E-state index in [-0.39, 0.29) is 43.0 Å². The number of halogens is 4. The van der Waals surface area contributed by atoms with E-state index in [1.165, 1.54) is 19.1 Å². The van der Waals surface area contributed by atoms with Crippen LogP contribution in [0.1, 0.15) is 56.9 Å². The number of allylic oxidation sites excluding steroid dienone is 4. The summed E-state index contributed by atoms with van der Waals surface area (Å²) in [4.78, 5) is 25.8. The van der Waals surface area contributed by atoms with Gasteiger partial charge in [0.05, 0.1) is 5.41 Å². The monoisotopic (exact) mass is 529 g/mol. The van der Waals surface area contributed by atoms with Gasteiger partial charge in [0.25, 0.3) is 0 Å². The van der Waals surface area contributed by atoms with Crippen molar-refractivity contribution in [3.8, 4) is 11.8 Å². The summed E-state index contributed by atoms with van der Waals surface area (Å²) in [7, 11) is 1.34. The molecule has 2 fully saturated rings. The molecule has 2 N–H and O–H groups in total. The first-order chi connectivity index (χ1) is 17.9. The van der Waals surface area contributed by atoms with E-state index >= 15 is 4.39 Å². The smallest absolute Gasteiger partial charge is 0.399 e. The van der Waals surface area contributed by atoms with E-state index in [1.807, 2.05) is 19.1 Å². The molecule has 1 unspecified atom stereocenters. The van der Waals surface area contributed by atoms with Gasteiger partial charge in [0.2, 0.25) is 0 Å². The van der Waals surface area contributed by atoms with Crippen molar-refractivity contribution in [2.75, 3.05) is 19.5 Å². The van der Waals surface area contributed by atoms with Crippen molar-refractivity contribution < 1.29 is 31.9 Å². The fourth-order valence-electron chi connectivity index (χ4n) is 7.85. The number of ketones is 2. The van der Waals surface area contributed by atoms with Gasteiger partial charge in [-0.3, -0.25) is 9.59 Å². The van der Waals surface area contributed by atoms with Crippen LogP contribution in [-0.2, 0) is 14.3 Å². The lowest BCUT2D eigenvalue weighted by Crippen LogP contribution is -2.52. The maximum atomic E-state index is 15.7. The molecule has 202 valence electrons. The number of Topliss-reactive ketones (excluding diaryl/α,β-unsaturated/α-hetero) is 1. The molecule has 0 aliphatic heterocycles. The van der Waals surface area contributed by atoms with Crippen LogP contribution in [0.3, 0.4) is 0 Å². The third-order valence-electron chi connectivity index (χ3n) is 9.45. The largest absolute Gasteiger partial charge is 0.457 e. The van der Waals surface area contributed by atoms with Crippen molar-refractivity contribution >= 4 is 17.3 Å². The minimum Gasteiger partial charge on any atom is -0.399 e. The molecule has 2 saturated carbocycles. The van der Waals surface area contributed by atoms with Gasteiger partial charge in [-0.2, -0.15) is 13.2 Å². The fourth-order valence-corrected chi connectivity index (χ4v) is 7.85. The number of ether oxygens (including phenoxy) is 1. The molecular weight excluding hydrogens is 498 g/mol. The standard InChI is InChI=1S/C30H31F4NO3/c1-28-15-23(17-3-5-18(35)6-4-17)27-20-8-7-19(36)13-21(20)25(31)14-22(27)24(28)9-10-29(28,26(37)16-38-2)11-12-30(32,33)34/h3-6,13,22-25H,7-10,14-16,35H2,1-2H3/t22-,23+,24-,25?,28-,29-/m0/s1. The van der Waals surface area contributed by atoms with Crippen molar-refractivity contribution in [2.24, 2.45) is 22.7 Å². The average molecular weight is 530 g/mol. The van der Waals surface area contributed by atoms with Crippen molar-refractivity contribution in [1.82, 2.24) is 0 Å². The third-order valence-corrected chi connectivity index (χ3v) is 9.45. The summed E-state index contributed by atoms with van der Waals surface area (Å²) in [6, 6.07) is 7.32. The van der Waals surface area contributed by atoms with Crippen LogP contribution in [0.2, 0.25) is 0 Å². The summed E-state index contributed by atoms with van der Waals surface area (Å²) in [6.07, 6.45) is -2.82. The molecule has 38 heavy (non-hydrogen) atoms. The van der Waals surface area contributed by atoms with Crippen molar-refractivity contribution in [1.29, 1.82) is 0 Å². The number of hydrogen-bond donors (Lipinski definition) is 1.